The van der Waals surface area contributed by atoms with Crippen LogP contribution in [0.25, 0.3) is 0 Å². The summed E-state index contributed by atoms with van der Waals surface area (Å²) in [5.41, 5.74) is 0. The molecule has 0 aromatic rings. The van der Waals surface area contributed by atoms with Crippen molar-refractivity contribution in [3.8, 4) is 0 Å². The molecule has 1 N–H and O–H groups in total. The average molecular weight is 1220 g/mol. The number of unbranched alkanes of at least 4 members (excludes halogenated alkanes) is 36. The van der Waals surface area contributed by atoms with Crippen molar-refractivity contribution >= 4 is 19.8 Å². The van der Waals surface area contributed by atoms with E-state index in [0.717, 1.165) is 83.5 Å². The zero-order valence-electron chi connectivity index (χ0n) is 56.8. The van der Waals surface area contributed by atoms with Crippen LogP contribution in [0.4, 0.5) is 0 Å². The molecule has 0 aliphatic heterocycles. The first kappa shape index (κ1) is 82.9. The molecule has 0 spiro atoms. The Labute approximate surface area is 532 Å². The van der Waals surface area contributed by atoms with E-state index in [1.165, 1.54) is 205 Å². The Morgan fingerprint density at radius 3 is 0.930 bits per heavy atom. The molecule has 0 bridgehead atoms. The second-order valence-corrected chi connectivity index (χ2v) is 26.7. The maximum absolute atomic E-state index is 12.9. The molecule has 498 valence electrons. The summed E-state index contributed by atoms with van der Waals surface area (Å²) in [4.78, 5) is 35.9. The topological polar surface area (TPSA) is 108 Å². The van der Waals surface area contributed by atoms with Crippen molar-refractivity contribution in [2.45, 2.75) is 328 Å². The van der Waals surface area contributed by atoms with Gasteiger partial charge >= 0.3 is 19.8 Å². The third kappa shape index (κ3) is 70.0. The second-order valence-electron chi connectivity index (χ2n) is 25.2. The maximum atomic E-state index is 12.9. The summed E-state index contributed by atoms with van der Waals surface area (Å²) in [6.07, 6.45) is 92.4. The Kier molecular flexibility index (Phi) is 64.0. The monoisotopic (exact) mass is 1220 g/mol. The Balaban J connectivity index is 3.99. The number of ether oxygens (including phenoxy) is 2. The summed E-state index contributed by atoms with van der Waals surface area (Å²) >= 11 is 0. The number of phosphoric acid groups is 1. The lowest BCUT2D eigenvalue weighted by Gasteiger charge is -2.24. The maximum Gasteiger partial charge on any atom is 0.472 e. The van der Waals surface area contributed by atoms with Crippen molar-refractivity contribution in [2.24, 2.45) is 0 Å². The van der Waals surface area contributed by atoms with Crippen LogP contribution in [0.1, 0.15) is 322 Å². The molecule has 0 rings (SSSR count). The van der Waals surface area contributed by atoms with E-state index >= 15 is 0 Å². The predicted molar refractivity (Wildman–Crippen MR) is 372 cm³/mol. The van der Waals surface area contributed by atoms with E-state index in [1.54, 1.807) is 0 Å². The molecule has 0 amide bonds. The van der Waals surface area contributed by atoms with E-state index in [2.05, 4.69) is 111 Å². The highest BCUT2D eigenvalue weighted by atomic mass is 31.2. The van der Waals surface area contributed by atoms with Crippen molar-refractivity contribution in [3.05, 3.63) is 97.2 Å². The number of phosphoric ester groups is 1. The van der Waals surface area contributed by atoms with Gasteiger partial charge in [-0.05, 0) is 89.9 Å². The Bertz CT molecular complexity index is 1770. The fourth-order valence-electron chi connectivity index (χ4n) is 10.2. The fraction of sp³-hybridized carbons (Fsp3) is 0.763. The summed E-state index contributed by atoms with van der Waals surface area (Å²) in [5.74, 6) is -0.786. The van der Waals surface area contributed by atoms with E-state index in [9.17, 15) is 19.0 Å². The smallest absolute Gasteiger partial charge is 0.462 e. The molecule has 0 aliphatic rings. The van der Waals surface area contributed by atoms with Crippen LogP contribution in [-0.2, 0) is 32.7 Å². The van der Waals surface area contributed by atoms with Crippen molar-refractivity contribution < 1.29 is 42.1 Å². The number of rotatable bonds is 66. The Morgan fingerprint density at radius 2 is 0.628 bits per heavy atom. The second kappa shape index (κ2) is 66.4. The standard InChI is InChI=1S/C76H136NO8P/c1-6-8-10-12-14-16-18-20-22-24-26-28-30-32-34-35-36-37-38-39-40-41-43-45-47-49-51-53-55-57-59-61-63-65-67-69-76(79)85-74(73-84-86(80,81)83-71-70-77(3,4)5)72-82-75(78)68-66-64-62-60-58-56-54-52-50-48-46-44-42-33-31-29-27-25-23-21-19-17-15-13-11-9-7-2/h8-11,14-17,20-23,26-29,74H,6-7,12-13,18-19,24-25,30-73H2,1-5H3/p+1/b10-8-,11-9-,16-14-,17-15-,22-20-,23-21-,28-26-,29-27-. The fourth-order valence-corrected chi connectivity index (χ4v) is 10.9. The van der Waals surface area contributed by atoms with Gasteiger partial charge in [-0.15, -0.1) is 0 Å². The number of carbonyl (C=O) groups excluding carboxylic acids is 2. The van der Waals surface area contributed by atoms with Gasteiger partial charge in [0.15, 0.2) is 6.10 Å². The molecule has 9 nitrogen and oxygen atoms in total. The number of hydrogen-bond donors (Lipinski definition) is 1. The first-order chi connectivity index (χ1) is 42.0. The van der Waals surface area contributed by atoms with Crippen LogP contribution in [-0.4, -0.2) is 74.9 Å². The SMILES string of the molecule is CC/C=C\C/C=C\C/C=C\C/C=C\CCCCCCCCCCCCCCCCCCCCCCCCC(=O)OC(COC(=O)CCCCCCCCCCCCCCCC/C=C\C/C=C\C/C=C\C/C=C\CC)COP(=O)(O)OCC[N+](C)(C)C. The first-order valence-corrected chi connectivity index (χ1v) is 37.5. The van der Waals surface area contributed by atoms with Crippen molar-refractivity contribution in [2.75, 3.05) is 47.5 Å². The lowest BCUT2D eigenvalue weighted by molar-refractivity contribution is -0.870. The number of esters is 2. The third-order valence-electron chi connectivity index (χ3n) is 15.6. The lowest BCUT2D eigenvalue weighted by Crippen LogP contribution is -2.37. The summed E-state index contributed by atoms with van der Waals surface area (Å²) in [7, 11) is 1.48. The number of nitrogens with zero attached hydrogens (tertiary/aromatic N) is 1. The minimum Gasteiger partial charge on any atom is -0.462 e. The van der Waals surface area contributed by atoms with Crippen molar-refractivity contribution in [3.63, 3.8) is 0 Å². The average Bonchev–Trinajstić information content (AvgIpc) is 3.56. The zero-order valence-corrected chi connectivity index (χ0v) is 57.7. The lowest BCUT2D eigenvalue weighted by atomic mass is 10.0. The molecular weight excluding hydrogens is 1090 g/mol. The van der Waals surface area contributed by atoms with Gasteiger partial charge in [0.25, 0.3) is 0 Å². The predicted octanol–water partition coefficient (Wildman–Crippen LogP) is 23.5. The molecule has 0 saturated heterocycles. The van der Waals surface area contributed by atoms with Crippen molar-refractivity contribution in [1.29, 1.82) is 0 Å². The summed E-state index contributed by atoms with van der Waals surface area (Å²) in [6, 6.07) is 0. The highest BCUT2D eigenvalue weighted by molar-refractivity contribution is 7.47. The molecule has 2 unspecified atom stereocenters. The summed E-state index contributed by atoms with van der Waals surface area (Å²) in [5, 5.41) is 0. The highest BCUT2D eigenvalue weighted by Gasteiger charge is 2.27. The van der Waals surface area contributed by atoms with Gasteiger partial charge in [-0.1, -0.05) is 317 Å². The number of likely N-dealkylation sites (N-methyl/N-ethyl adjacent to an activating group) is 1. The van der Waals surface area contributed by atoms with Gasteiger partial charge in [0.2, 0.25) is 0 Å². The van der Waals surface area contributed by atoms with Crippen LogP contribution >= 0.6 is 7.82 Å². The molecular formula is C76H137NO8P+. The summed E-state index contributed by atoms with van der Waals surface area (Å²) in [6.45, 7) is 4.25. The quantitative estimate of drug-likeness (QED) is 0.0211. The van der Waals surface area contributed by atoms with Gasteiger partial charge in [0.1, 0.15) is 19.8 Å². The van der Waals surface area contributed by atoms with E-state index in [1.807, 2.05) is 21.1 Å². The van der Waals surface area contributed by atoms with Gasteiger partial charge < -0.3 is 18.9 Å². The minimum absolute atomic E-state index is 0.0307. The molecule has 10 heteroatoms. The summed E-state index contributed by atoms with van der Waals surface area (Å²) < 4.78 is 34.8. The van der Waals surface area contributed by atoms with Crippen LogP contribution in [0.3, 0.4) is 0 Å². The highest BCUT2D eigenvalue weighted by Crippen LogP contribution is 2.43. The van der Waals surface area contributed by atoms with Crippen LogP contribution < -0.4 is 0 Å². The Hall–Kier alpha value is -3.07. The normalized spacial score (nSPS) is 13.7. The van der Waals surface area contributed by atoms with E-state index in [-0.39, 0.29) is 32.0 Å². The molecule has 0 heterocycles. The van der Waals surface area contributed by atoms with Crippen LogP contribution in [0.15, 0.2) is 97.2 Å². The number of quaternary nitrogens is 1. The number of hydrogen-bond acceptors (Lipinski definition) is 7. The molecule has 0 fully saturated rings. The molecule has 0 aromatic carbocycles. The molecule has 86 heavy (non-hydrogen) atoms. The zero-order chi connectivity index (χ0) is 62.6. The minimum atomic E-state index is -4.39. The van der Waals surface area contributed by atoms with Crippen LogP contribution in [0.2, 0.25) is 0 Å². The molecule has 2 atom stereocenters. The Morgan fingerprint density at radius 1 is 0.360 bits per heavy atom. The van der Waals surface area contributed by atoms with Gasteiger partial charge in [0, 0.05) is 12.8 Å². The van der Waals surface area contributed by atoms with E-state index in [0.29, 0.717) is 17.4 Å². The first-order valence-electron chi connectivity index (χ1n) is 36.0. The van der Waals surface area contributed by atoms with Gasteiger partial charge in [-0.2, -0.15) is 0 Å². The third-order valence-corrected chi connectivity index (χ3v) is 16.6. The van der Waals surface area contributed by atoms with Crippen LogP contribution in [0.5, 0.6) is 0 Å². The molecule has 0 aromatic heterocycles. The largest absolute Gasteiger partial charge is 0.472 e. The van der Waals surface area contributed by atoms with Crippen molar-refractivity contribution in [1.82, 2.24) is 0 Å². The van der Waals surface area contributed by atoms with Gasteiger partial charge in [0.05, 0.1) is 27.7 Å². The van der Waals surface area contributed by atoms with Gasteiger partial charge in [-0.25, -0.2) is 4.57 Å². The molecule has 0 saturated carbocycles. The van der Waals surface area contributed by atoms with E-state index in [4.69, 9.17) is 18.5 Å². The number of allylic oxidation sites excluding steroid dienone is 16. The van der Waals surface area contributed by atoms with Crippen LogP contribution in [0, 0.1) is 0 Å². The molecule has 0 aliphatic carbocycles. The van der Waals surface area contributed by atoms with Gasteiger partial charge in [-0.3, -0.25) is 18.6 Å². The number of carbonyl (C=O) groups is 2. The van der Waals surface area contributed by atoms with E-state index < -0.39 is 26.5 Å². The molecule has 0 radical (unpaired) electrons.